The zero-order valence-electron chi connectivity index (χ0n) is 10.1. The van der Waals surface area contributed by atoms with Gasteiger partial charge in [0, 0.05) is 17.6 Å². The van der Waals surface area contributed by atoms with Crippen molar-refractivity contribution < 1.29 is 8.42 Å². The van der Waals surface area contributed by atoms with Crippen molar-refractivity contribution in [2.75, 3.05) is 7.05 Å². The van der Waals surface area contributed by atoms with Gasteiger partial charge in [-0.15, -0.1) is 0 Å². The molecule has 1 saturated carbocycles. The van der Waals surface area contributed by atoms with Crippen LogP contribution >= 0.6 is 27.5 Å². The van der Waals surface area contributed by atoms with Crippen LogP contribution < -0.4 is 0 Å². The quantitative estimate of drug-likeness (QED) is 0.832. The highest BCUT2D eigenvalue weighted by Crippen LogP contribution is 2.31. The van der Waals surface area contributed by atoms with Gasteiger partial charge < -0.3 is 0 Å². The van der Waals surface area contributed by atoms with Gasteiger partial charge in [-0.1, -0.05) is 40.4 Å². The molecule has 0 radical (unpaired) electrons. The molecule has 6 heteroatoms. The van der Waals surface area contributed by atoms with Crippen LogP contribution in [0.2, 0.25) is 5.02 Å². The van der Waals surface area contributed by atoms with Crippen molar-refractivity contribution in [1.29, 1.82) is 0 Å². The molecule has 3 nitrogen and oxygen atoms in total. The summed E-state index contributed by atoms with van der Waals surface area (Å²) in [6.07, 6.45) is 4.06. The number of sulfonamides is 1. The summed E-state index contributed by atoms with van der Waals surface area (Å²) in [5.74, 6) is 0. The highest BCUT2D eigenvalue weighted by Gasteiger charge is 2.31. The average molecular weight is 353 g/mol. The summed E-state index contributed by atoms with van der Waals surface area (Å²) in [7, 11) is -1.85. The second-order valence-electron chi connectivity index (χ2n) is 4.53. The topological polar surface area (TPSA) is 37.4 Å². The van der Waals surface area contributed by atoms with Crippen molar-refractivity contribution in [3.05, 3.63) is 27.7 Å². The first kappa shape index (κ1) is 14.3. The molecule has 0 N–H and O–H groups in total. The second-order valence-corrected chi connectivity index (χ2v) is 7.82. The van der Waals surface area contributed by atoms with E-state index in [0.29, 0.717) is 0 Å². The van der Waals surface area contributed by atoms with E-state index in [2.05, 4.69) is 15.9 Å². The van der Waals surface area contributed by atoms with E-state index in [-0.39, 0.29) is 16.0 Å². The van der Waals surface area contributed by atoms with Crippen LogP contribution in [0.5, 0.6) is 0 Å². The molecule has 0 bridgehead atoms. The fourth-order valence-electron chi connectivity index (χ4n) is 2.30. The molecule has 0 heterocycles. The molecule has 0 amide bonds. The van der Waals surface area contributed by atoms with Crippen molar-refractivity contribution in [3.63, 3.8) is 0 Å². The summed E-state index contributed by atoms with van der Waals surface area (Å²) in [4.78, 5) is 0.182. The van der Waals surface area contributed by atoms with Crippen molar-refractivity contribution in [3.8, 4) is 0 Å². The Labute approximate surface area is 121 Å². The molecular weight excluding hydrogens is 338 g/mol. The van der Waals surface area contributed by atoms with Crippen LogP contribution in [0, 0.1) is 0 Å². The summed E-state index contributed by atoms with van der Waals surface area (Å²) in [5, 5.41) is 0.259. The van der Waals surface area contributed by atoms with E-state index in [4.69, 9.17) is 11.6 Å². The lowest BCUT2D eigenvalue weighted by Crippen LogP contribution is -2.35. The summed E-state index contributed by atoms with van der Waals surface area (Å²) in [5.41, 5.74) is 0. The molecular formula is C12H15BrClNO2S. The minimum atomic E-state index is -3.49. The lowest BCUT2D eigenvalue weighted by molar-refractivity contribution is 0.373. The summed E-state index contributed by atoms with van der Waals surface area (Å²) in [6, 6.07) is 4.96. The van der Waals surface area contributed by atoms with Crippen molar-refractivity contribution in [2.24, 2.45) is 0 Å². The van der Waals surface area contributed by atoms with E-state index >= 15 is 0 Å². The maximum absolute atomic E-state index is 12.5. The SMILES string of the molecule is CN(C1CCCC1)S(=O)(=O)c1ccc(Br)cc1Cl. The Kier molecular flexibility index (Phi) is 4.36. The van der Waals surface area contributed by atoms with Crippen molar-refractivity contribution in [1.82, 2.24) is 4.31 Å². The number of hydrogen-bond donors (Lipinski definition) is 0. The predicted molar refractivity (Wildman–Crippen MR) is 76.4 cm³/mol. The molecule has 0 aromatic heterocycles. The van der Waals surface area contributed by atoms with E-state index in [1.807, 2.05) is 0 Å². The number of hydrogen-bond acceptors (Lipinski definition) is 2. The monoisotopic (exact) mass is 351 g/mol. The molecule has 1 aromatic carbocycles. The van der Waals surface area contributed by atoms with E-state index in [9.17, 15) is 8.42 Å². The third-order valence-corrected chi connectivity index (χ3v) is 6.28. The first-order valence-electron chi connectivity index (χ1n) is 5.86. The summed E-state index contributed by atoms with van der Waals surface area (Å²) >= 11 is 9.30. The fraction of sp³-hybridized carbons (Fsp3) is 0.500. The lowest BCUT2D eigenvalue weighted by Gasteiger charge is -2.24. The molecule has 0 saturated heterocycles. The minimum absolute atomic E-state index is 0.106. The van der Waals surface area contributed by atoms with Crippen LogP contribution in [0.15, 0.2) is 27.6 Å². The standard InChI is InChI=1S/C12H15BrClNO2S/c1-15(10-4-2-3-5-10)18(16,17)12-7-6-9(13)8-11(12)14/h6-8,10H,2-5H2,1H3. The molecule has 100 valence electrons. The molecule has 1 aliphatic rings. The molecule has 0 unspecified atom stereocenters. The van der Waals surface area contributed by atoms with Gasteiger partial charge in [0.1, 0.15) is 4.90 Å². The zero-order chi connectivity index (χ0) is 13.3. The molecule has 0 aliphatic heterocycles. The highest BCUT2D eigenvalue weighted by molar-refractivity contribution is 9.10. The van der Waals surface area contributed by atoms with E-state index < -0.39 is 10.0 Å². The molecule has 1 aromatic rings. The molecule has 0 atom stereocenters. The number of halogens is 2. The molecule has 1 fully saturated rings. The van der Waals surface area contributed by atoms with E-state index in [1.54, 1.807) is 25.2 Å². The third-order valence-electron chi connectivity index (χ3n) is 3.39. The lowest BCUT2D eigenvalue weighted by atomic mass is 10.3. The number of nitrogens with zero attached hydrogens (tertiary/aromatic N) is 1. The first-order valence-corrected chi connectivity index (χ1v) is 8.47. The Balaban J connectivity index is 2.35. The highest BCUT2D eigenvalue weighted by atomic mass is 79.9. The number of rotatable bonds is 3. The number of benzene rings is 1. The van der Waals surface area contributed by atoms with Crippen LogP contribution in [0.25, 0.3) is 0 Å². The average Bonchev–Trinajstić information content (AvgIpc) is 2.80. The predicted octanol–water partition coefficient (Wildman–Crippen LogP) is 3.67. The van der Waals surface area contributed by atoms with Crippen LogP contribution in [0.4, 0.5) is 0 Å². The fourth-order valence-corrected chi connectivity index (χ4v) is 4.73. The van der Waals surface area contributed by atoms with Gasteiger partial charge in [0.25, 0.3) is 0 Å². The Morgan fingerprint density at radius 1 is 1.33 bits per heavy atom. The minimum Gasteiger partial charge on any atom is -0.207 e. The van der Waals surface area contributed by atoms with Gasteiger partial charge in [-0.25, -0.2) is 8.42 Å². The molecule has 18 heavy (non-hydrogen) atoms. The Bertz CT molecular complexity index is 541. The zero-order valence-corrected chi connectivity index (χ0v) is 13.2. The Hall–Kier alpha value is -0.100. The van der Waals surface area contributed by atoms with Gasteiger partial charge in [0.2, 0.25) is 10.0 Å². The van der Waals surface area contributed by atoms with Gasteiger partial charge >= 0.3 is 0 Å². The molecule has 0 spiro atoms. The molecule has 1 aliphatic carbocycles. The smallest absolute Gasteiger partial charge is 0.207 e. The second kappa shape index (κ2) is 5.49. The van der Waals surface area contributed by atoms with Gasteiger partial charge in [-0.3, -0.25) is 0 Å². The van der Waals surface area contributed by atoms with Crippen molar-refractivity contribution >= 4 is 37.6 Å². The maximum Gasteiger partial charge on any atom is 0.244 e. The Morgan fingerprint density at radius 2 is 1.94 bits per heavy atom. The van der Waals surface area contributed by atoms with E-state index in [0.717, 1.165) is 30.2 Å². The largest absolute Gasteiger partial charge is 0.244 e. The molecule has 2 rings (SSSR count). The van der Waals surface area contributed by atoms with E-state index in [1.165, 1.54) is 4.31 Å². The summed E-state index contributed by atoms with van der Waals surface area (Å²) < 4.78 is 27.2. The Morgan fingerprint density at radius 3 is 2.50 bits per heavy atom. The van der Waals surface area contributed by atoms with Crippen LogP contribution in [-0.2, 0) is 10.0 Å². The van der Waals surface area contributed by atoms with Crippen LogP contribution in [0.3, 0.4) is 0 Å². The van der Waals surface area contributed by atoms with Gasteiger partial charge in [0.05, 0.1) is 5.02 Å². The van der Waals surface area contributed by atoms with Gasteiger partial charge in [0.15, 0.2) is 0 Å². The van der Waals surface area contributed by atoms with Crippen molar-refractivity contribution in [2.45, 2.75) is 36.6 Å². The van der Waals surface area contributed by atoms with Gasteiger partial charge in [-0.2, -0.15) is 4.31 Å². The van der Waals surface area contributed by atoms with Gasteiger partial charge in [-0.05, 0) is 31.0 Å². The van der Waals surface area contributed by atoms with Crippen LogP contribution in [0.1, 0.15) is 25.7 Å². The third kappa shape index (κ3) is 2.74. The van der Waals surface area contributed by atoms with Crippen LogP contribution in [-0.4, -0.2) is 25.8 Å². The maximum atomic E-state index is 12.5. The summed E-state index contributed by atoms with van der Waals surface area (Å²) in [6.45, 7) is 0. The first-order chi connectivity index (χ1) is 8.43. The normalized spacial score (nSPS) is 17.6.